The first kappa shape index (κ1) is 20.1. The van der Waals surface area contributed by atoms with Gasteiger partial charge in [-0.3, -0.25) is 14.9 Å². The van der Waals surface area contributed by atoms with Gasteiger partial charge >= 0.3 is 0 Å². The number of hydrogen-bond acceptors (Lipinski definition) is 5. The van der Waals surface area contributed by atoms with Crippen LogP contribution in [-0.2, 0) is 16.4 Å². The lowest BCUT2D eigenvalue weighted by molar-refractivity contribution is 0.299. The fourth-order valence-electron chi connectivity index (χ4n) is 2.20. The molecule has 0 aliphatic carbocycles. The Kier molecular flexibility index (Phi) is 8.77. The maximum atomic E-state index is 11.4. The number of guanidine groups is 1. The molecule has 0 bridgehead atoms. The van der Waals surface area contributed by atoms with Gasteiger partial charge in [-0.1, -0.05) is 6.07 Å². The van der Waals surface area contributed by atoms with E-state index in [1.807, 2.05) is 18.2 Å². The zero-order valence-corrected chi connectivity index (χ0v) is 16.4. The van der Waals surface area contributed by atoms with Gasteiger partial charge in [0.25, 0.3) is 0 Å². The van der Waals surface area contributed by atoms with Crippen LogP contribution >= 0.6 is 24.0 Å². The van der Waals surface area contributed by atoms with E-state index in [1.54, 1.807) is 13.2 Å². The molecule has 0 atom stereocenters. The summed E-state index contributed by atoms with van der Waals surface area (Å²) in [4.78, 5) is 10.6. The van der Waals surface area contributed by atoms with Crippen molar-refractivity contribution >= 4 is 39.8 Å². The van der Waals surface area contributed by atoms with E-state index in [2.05, 4.69) is 25.5 Å². The van der Waals surface area contributed by atoms with E-state index in [4.69, 9.17) is 0 Å². The zero-order valence-electron chi connectivity index (χ0n) is 13.2. The van der Waals surface area contributed by atoms with Crippen LogP contribution in [0.4, 0.5) is 0 Å². The van der Waals surface area contributed by atoms with Crippen molar-refractivity contribution in [1.29, 1.82) is 0 Å². The van der Waals surface area contributed by atoms with Gasteiger partial charge in [-0.2, -0.15) is 0 Å². The van der Waals surface area contributed by atoms with Crippen molar-refractivity contribution in [2.75, 3.05) is 44.7 Å². The largest absolute Gasteiger partial charge is 0.355 e. The minimum Gasteiger partial charge on any atom is -0.355 e. The molecular formula is C14H24IN5O2S. The summed E-state index contributed by atoms with van der Waals surface area (Å²) in [6.07, 6.45) is 1.76. The number of rotatable bonds is 5. The fourth-order valence-corrected chi connectivity index (χ4v) is 3.48. The summed E-state index contributed by atoms with van der Waals surface area (Å²) in [5.74, 6) is 1.24. The highest BCUT2D eigenvalue weighted by Gasteiger charge is 2.20. The third kappa shape index (κ3) is 7.44. The molecule has 7 nitrogen and oxygen atoms in total. The second-order valence-electron chi connectivity index (χ2n) is 5.17. The van der Waals surface area contributed by atoms with Crippen molar-refractivity contribution < 1.29 is 8.42 Å². The van der Waals surface area contributed by atoms with E-state index in [0.29, 0.717) is 19.6 Å². The number of aliphatic imine (C=N–C) groups is 1. The Bertz CT molecular complexity index is 580. The van der Waals surface area contributed by atoms with Gasteiger partial charge in [-0.15, -0.1) is 24.0 Å². The Morgan fingerprint density at radius 1 is 1.30 bits per heavy atom. The molecule has 1 aliphatic heterocycles. The van der Waals surface area contributed by atoms with Gasteiger partial charge in [0.1, 0.15) is 0 Å². The van der Waals surface area contributed by atoms with Crippen LogP contribution in [-0.4, -0.2) is 69.0 Å². The van der Waals surface area contributed by atoms with Gasteiger partial charge in [0.15, 0.2) is 15.8 Å². The van der Waals surface area contributed by atoms with Gasteiger partial charge in [0.05, 0.1) is 23.7 Å². The number of nitrogens with zero attached hydrogens (tertiary/aromatic N) is 3. The van der Waals surface area contributed by atoms with E-state index in [0.717, 1.165) is 24.7 Å². The lowest BCUT2D eigenvalue weighted by atomic mass is 10.3. The van der Waals surface area contributed by atoms with Crippen LogP contribution in [0.1, 0.15) is 5.69 Å². The maximum absolute atomic E-state index is 11.4. The Labute approximate surface area is 154 Å². The van der Waals surface area contributed by atoms with Crippen LogP contribution in [0.2, 0.25) is 0 Å². The van der Waals surface area contributed by atoms with Crippen molar-refractivity contribution in [1.82, 2.24) is 20.5 Å². The number of nitrogens with one attached hydrogen (secondary N) is 2. The molecular weight excluding hydrogens is 429 g/mol. The van der Waals surface area contributed by atoms with Crippen LogP contribution in [0.3, 0.4) is 0 Å². The van der Waals surface area contributed by atoms with E-state index < -0.39 is 9.84 Å². The average molecular weight is 453 g/mol. The van der Waals surface area contributed by atoms with E-state index >= 15 is 0 Å². The lowest BCUT2D eigenvalue weighted by Gasteiger charge is -2.26. The number of hydrogen-bond donors (Lipinski definition) is 2. The van der Waals surface area contributed by atoms with Crippen molar-refractivity contribution in [2.45, 2.75) is 6.54 Å². The Balaban J connectivity index is 0.00000264. The normalized spacial score (nSPS) is 18.0. The van der Waals surface area contributed by atoms with E-state index in [1.165, 1.54) is 0 Å². The molecule has 23 heavy (non-hydrogen) atoms. The molecule has 130 valence electrons. The predicted molar refractivity (Wildman–Crippen MR) is 103 cm³/mol. The molecule has 1 aliphatic rings. The summed E-state index contributed by atoms with van der Waals surface area (Å²) < 4.78 is 22.7. The molecule has 0 amide bonds. The Morgan fingerprint density at radius 3 is 2.65 bits per heavy atom. The maximum Gasteiger partial charge on any atom is 0.191 e. The topological polar surface area (TPSA) is 86.7 Å². The minimum atomic E-state index is -2.81. The van der Waals surface area contributed by atoms with E-state index in [-0.39, 0.29) is 35.5 Å². The van der Waals surface area contributed by atoms with E-state index in [9.17, 15) is 8.42 Å². The summed E-state index contributed by atoms with van der Waals surface area (Å²) in [6, 6.07) is 5.79. The Morgan fingerprint density at radius 2 is 2.04 bits per heavy atom. The van der Waals surface area contributed by atoms with Gasteiger partial charge in [0.2, 0.25) is 0 Å². The summed E-state index contributed by atoms with van der Waals surface area (Å²) in [5, 5.41) is 6.43. The van der Waals surface area contributed by atoms with Crippen molar-refractivity contribution in [3.8, 4) is 0 Å². The first-order valence-corrected chi connectivity index (χ1v) is 9.18. The quantitative estimate of drug-likeness (QED) is 0.374. The summed E-state index contributed by atoms with van der Waals surface area (Å²) >= 11 is 0. The highest BCUT2D eigenvalue weighted by atomic mass is 127. The molecule has 1 aromatic rings. The molecule has 0 radical (unpaired) electrons. The smallest absolute Gasteiger partial charge is 0.191 e. The van der Waals surface area contributed by atoms with Crippen LogP contribution in [0.25, 0.3) is 0 Å². The molecule has 0 saturated carbocycles. The Hall–Kier alpha value is -0.940. The minimum absolute atomic E-state index is 0. The SMILES string of the molecule is CN=C(NCCN1CCS(=O)(=O)CC1)NCc1ccccn1.I. The molecule has 1 aromatic heterocycles. The number of sulfone groups is 1. The lowest BCUT2D eigenvalue weighted by Crippen LogP contribution is -2.45. The average Bonchev–Trinajstić information content (AvgIpc) is 2.53. The van der Waals surface area contributed by atoms with Gasteiger partial charge < -0.3 is 10.6 Å². The summed E-state index contributed by atoms with van der Waals surface area (Å²) in [5.41, 5.74) is 0.951. The van der Waals surface area contributed by atoms with Gasteiger partial charge in [-0.05, 0) is 12.1 Å². The van der Waals surface area contributed by atoms with Crippen molar-refractivity contribution in [3.63, 3.8) is 0 Å². The molecule has 1 saturated heterocycles. The zero-order chi connectivity index (χ0) is 15.8. The van der Waals surface area contributed by atoms with Gasteiger partial charge in [0, 0.05) is 39.4 Å². The molecule has 1 fully saturated rings. The molecule has 2 heterocycles. The predicted octanol–water partition coefficient (Wildman–Crippen LogP) is 0.0950. The summed E-state index contributed by atoms with van der Waals surface area (Å²) in [6.45, 7) is 3.37. The second kappa shape index (κ2) is 10.0. The van der Waals surface area contributed by atoms with Crippen LogP contribution in [0, 0.1) is 0 Å². The number of aromatic nitrogens is 1. The van der Waals surface area contributed by atoms with Crippen LogP contribution < -0.4 is 10.6 Å². The molecule has 0 aromatic carbocycles. The third-order valence-electron chi connectivity index (χ3n) is 3.54. The third-order valence-corrected chi connectivity index (χ3v) is 5.15. The van der Waals surface area contributed by atoms with Gasteiger partial charge in [-0.25, -0.2) is 8.42 Å². The highest BCUT2D eigenvalue weighted by molar-refractivity contribution is 14.0. The molecule has 0 spiro atoms. The molecule has 9 heteroatoms. The van der Waals surface area contributed by atoms with Crippen LogP contribution in [0.15, 0.2) is 29.4 Å². The number of halogens is 1. The molecule has 2 N–H and O–H groups in total. The first-order valence-electron chi connectivity index (χ1n) is 7.36. The summed E-state index contributed by atoms with van der Waals surface area (Å²) in [7, 11) is -1.08. The standard InChI is InChI=1S/C14H23N5O2S.HI/c1-15-14(18-12-13-4-2-3-5-16-13)17-6-7-19-8-10-22(20,21)11-9-19;/h2-5H,6-12H2,1H3,(H2,15,17,18);1H. The van der Waals surface area contributed by atoms with Crippen LogP contribution in [0.5, 0.6) is 0 Å². The second-order valence-corrected chi connectivity index (χ2v) is 7.47. The van der Waals surface area contributed by atoms with Crippen molar-refractivity contribution in [2.24, 2.45) is 4.99 Å². The molecule has 2 rings (SSSR count). The highest BCUT2D eigenvalue weighted by Crippen LogP contribution is 2.02. The first-order chi connectivity index (χ1) is 10.6. The number of pyridine rings is 1. The van der Waals surface area contributed by atoms with Crippen molar-refractivity contribution in [3.05, 3.63) is 30.1 Å². The fraction of sp³-hybridized carbons (Fsp3) is 0.571. The monoisotopic (exact) mass is 453 g/mol. The molecule has 0 unspecified atom stereocenters.